The molecular formula is C15H14BrNO5S2. The maximum atomic E-state index is 12.4. The summed E-state index contributed by atoms with van der Waals surface area (Å²) in [6, 6.07) is 3.49. The van der Waals surface area contributed by atoms with Crippen LogP contribution in [0.3, 0.4) is 0 Å². The Morgan fingerprint density at radius 2 is 2.00 bits per heavy atom. The van der Waals surface area contributed by atoms with Crippen LogP contribution in [0.1, 0.15) is 12.0 Å². The second-order valence-electron chi connectivity index (χ2n) is 4.71. The van der Waals surface area contributed by atoms with Crippen molar-refractivity contribution in [2.45, 2.75) is 6.42 Å². The highest BCUT2D eigenvalue weighted by Gasteiger charge is 2.32. The Hall–Kier alpha value is -1.58. The third-order valence-corrected chi connectivity index (χ3v) is 5.28. The number of hydrogen-bond acceptors (Lipinski definition) is 6. The second kappa shape index (κ2) is 8.00. The molecule has 1 aromatic rings. The van der Waals surface area contributed by atoms with Gasteiger partial charge in [-0.05, 0) is 23.8 Å². The third-order valence-electron chi connectivity index (χ3n) is 3.21. The quantitative estimate of drug-likeness (QED) is 0.547. The normalized spacial score (nSPS) is 16.0. The predicted molar refractivity (Wildman–Crippen MR) is 99.4 cm³/mol. The number of benzene rings is 1. The summed E-state index contributed by atoms with van der Waals surface area (Å²) >= 11 is 9.74. The lowest BCUT2D eigenvalue weighted by Gasteiger charge is -2.12. The van der Waals surface area contributed by atoms with Crippen LogP contribution in [-0.2, 0) is 9.59 Å². The van der Waals surface area contributed by atoms with Crippen LogP contribution in [0.25, 0.3) is 6.08 Å². The van der Waals surface area contributed by atoms with Crippen LogP contribution in [0.5, 0.6) is 11.5 Å². The van der Waals surface area contributed by atoms with E-state index in [1.165, 1.54) is 19.1 Å². The second-order valence-corrected chi connectivity index (χ2v) is 7.24. The Labute approximate surface area is 156 Å². The zero-order valence-electron chi connectivity index (χ0n) is 12.9. The van der Waals surface area contributed by atoms with E-state index in [-0.39, 0.29) is 18.9 Å². The summed E-state index contributed by atoms with van der Waals surface area (Å²) in [5.74, 6) is -0.174. The van der Waals surface area contributed by atoms with Gasteiger partial charge in [0.05, 0.1) is 25.5 Å². The molecular weight excluding hydrogens is 418 g/mol. The number of amides is 1. The smallest absolute Gasteiger partial charge is 0.305 e. The first-order valence-electron chi connectivity index (χ1n) is 6.76. The number of thiocarbonyl (C=S) groups is 1. The number of nitrogens with zero attached hydrogens (tertiary/aromatic N) is 1. The lowest BCUT2D eigenvalue weighted by molar-refractivity contribution is -0.137. The summed E-state index contributed by atoms with van der Waals surface area (Å²) in [6.07, 6.45) is 1.53. The van der Waals surface area contributed by atoms with Gasteiger partial charge in [0.25, 0.3) is 5.91 Å². The Bertz CT molecular complexity index is 735. The van der Waals surface area contributed by atoms with Crippen LogP contribution < -0.4 is 9.47 Å². The fourth-order valence-corrected chi connectivity index (χ4v) is 3.76. The maximum Gasteiger partial charge on any atom is 0.305 e. The standard InChI is InChI=1S/C15H14BrNO5S2/c1-21-10-5-8(9(16)7-11(10)22-2)6-12-14(20)17(15(23)24-12)4-3-13(18)19/h5-7H,3-4H2,1-2H3,(H,18,19). The number of carbonyl (C=O) groups is 2. The lowest BCUT2D eigenvalue weighted by atomic mass is 10.2. The molecule has 9 heteroatoms. The third kappa shape index (κ3) is 4.08. The van der Waals surface area contributed by atoms with E-state index in [4.69, 9.17) is 26.8 Å². The molecule has 0 radical (unpaired) electrons. The number of ether oxygens (including phenoxy) is 2. The van der Waals surface area contributed by atoms with Crippen molar-refractivity contribution in [2.24, 2.45) is 0 Å². The Kier molecular flexibility index (Phi) is 6.25. The number of aliphatic carboxylic acids is 1. The summed E-state index contributed by atoms with van der Waals surface area (Å²) in [4.78, 5) is 24.8. The van der Waals surface area contributed by atoms with Crippen molar-refractivity contribution in [3.63, 3.8) is 0 Å². The van der Waals surface area contributed by atoms with Crippen LogP contribution in [-0.4, -0.2) is 47.0 Å². The molecule has 1 aromatic carbocycles. The van der Waals surface area contributed by atoms with Gasteiger partial charge in [-0.15, -0.1) is 0 Å². The van der Waals surface area contributed by atoms with E-state index in [1.807, 2.05) is 0 Å². The van der Waals surface area contributed by atoms with Gasteiger partial charge in [0.15, 0.2) is 11.5 Å². The zero-order chi connectivity index (χ0) is 17.9. The highest BCUT2D eigenvalue weighted by atomic mass is 79.9. The van der Waals surface area contributed by atoms with Gasteiger partial charge in [-0.2, -0.15) is 0 Å². The Morgan fingerprint density at radius 1 is 1.38 bits per heavy atom. The van der Waals surface area contributed by atoms with Crippen LogP contribution in [0.15, 0.2) is 21.5 Å². The largest absolute Gasteiger partial charge is 0.493 e. The summed E-state index contributed by atoms with van der Waals surface area (Å²) in [5.41, 5.74) is 0.728. The minimum atomic E-state index is -0.976. The van der Waals surface area contributed by atoms with Crippen molar-refractivity contribution in [1.29, 1.82) is 0 Å². The molecule has 0 aliphatic carbocycles. The van der Waals surface area contributed by atoms with Gasteiger partial charge in [0.1, 0.15) is 4.32 Å². The van der Waals surface area contributed by atoms with E-state index >= 15 is 0 Å². The zero-order valence-corrected chi connectivity index (χ0v) is 16.1. The van der Waals surface area contributed by atoms with Gasteiger partial charge in [-0.1, -0.05) is 39.9 Å². The topological polar surface area (TPSA) is 76.1 Å². The highest BCUT2D eigenvalue weighted by molar-refractivity contribution is 9.10. The predicted octanol–water partition coefficient (Wildman–Crippen LogP) is 3.14. The van der Waals surface area contributed by atoms with Crippen LogP contribution in [0.4, 0.5) is 0 Å². The first kappa shape index (κ1) is 18.8. The SMILES string of the molecule is COc1cc(Br)c(C=C2SC(=S)N(CCC(=O)O)C2=O)cc1OC. The molecule has 24 heavy (non-hydrogen) atoms. The maximum absolute atomic E-state index is 12.4. The number of hydrogen-bond donors (Lipinski definition) is 1. The van der Waals surface area contributed by atoms with Gasteiger partial charge >= 0.3 is 5.97 Å². The number of thioether (sulfide) groups is 1. The van der Waals surface area contributed by atoms with Gasteiger partial charge in [0.2, 0.25) is 0 Å². The van der Waals surface area contributed by atoms with Crippen molar-refractivity contribution in [2.75, 3.05) is 20.8 Å². The molecule has 1 N–H and O–H groups in total. The molecule has 2 rings (SSSR count). The Morgan fingerprint density at radius 3 is 2.58 bits per heavy atom. The fraction of sp³-hybridized carbons (Fsp3) is 0.267. The van der Waals surface area contributed by atoms with Gasteiger partial charge < -0.3 is 14.6 Å². The first-order valence-corrected chi connectivity index (χ1v) is 8.77. The average molecular weight is 432 g/mol. The minimum absolute atomic E-state index is 0.0600. The molecule has 0 aromatic heterocycles. The molecule has 1 aliphatic rings. The molecule has 1 fully saturated rings. The van der Waals surface area contributed by atoms with Gasteiger partial charge in [0, 0.05) is 11.0 Å². The van der Waals surface area contributed by atoms with E-state index in [0.717, 1.165) is 21.8 Å². The molecule has 128 valence electrons. The minimum Gasteiger partial charge on any atom is -0.493 e. The van der Waals surface area contributed by atoms with Crippen molar-refractivity contribution in [3.8, 4) is 11.5 Å². The first-order chi connectivity index (χ1) is 11.4. The molecule has 0 bridgehead atoms. The summed E-state index contributed by atoms with van der Waals surface area (Å²) < 4.78 is 11.6. The van der Waals surface area contributed by atoms with Crippen molar-refractivity contribution >= 4 is 62.2 Å². The summed E-state index contributed by atoms with van der Waals surface area (Å²) in [7, 11) is 3.07. The molecule has 1 heterocycles. The number of carboxylic acids is 1. The molecule has 0 atom stereocenters. The molecule has 0 spiro atoms. The van der Waals surface area contributed by atoms with E-state index in [0.29, 0.717) is 20.7 Å². The number of halogens is 1. The van der Waals surface area contributed by atoms with Crippen molar-refractivity contribution < 1.29 is 24.2 Å². The lowest BCUT2D eigenvalue weighted by Crippen LogP contribution is -2.30. The number of carbonyl (C=O) groups excluding carboxylic acids is 1. The number of rotatable bonds is 6. The van der Waals surface area contributed by atoms with Gasteiger partial charge in [-0.25, -0.2) is 0 Å². The van der Waals surface area contributed by atoms with Crippen molar-refractivity contribution in [1.82, 2.24) is 4.90 Å². The molecule has 0 saturated carbocycles. The molecule has 6 nitrogen and oxygen atoms in total. The molecule has 1 saturated heterocycles. The van der Waals surface area contributed by atoms with Crippen LogP contribution >= 0.6 is 39.9 Å². The van der Waals surface area contributed by atoms with Crippen LogP contribution in [0.2, 0.25) is 0 Å². The van der Waals surface area contributed by atoms with Crippen LogP contribution in [0, 0.1) is 0 Å². The molecule has 1 aliphatic heterocycles. The summed E-state index contributed by atoms with van der Waals surface area (Å²) in [5, 5.41) is 8.76. The monoisotopic (exact) mass is 431 g/mol. The van der Waals surface area contributed by atoms with Gasteiger partial charge in [-0.3, -0.25) is 14.5 Å². The van der Waals surface area contributed by atoms with E-state index in [9.17, 15) is 9.59 Å². The number of methoxy groups -OCH3 is 2. The Balaban J connectivity index is 2.30. The van der Waals surface area contributed by atoms with E-state index in [2.05, 4.69) is 15.9 Å². The fourth-order valence-electron chi connectivity index (χ4n) is 2.02. The summed E-state index contributed by atoms with van der Waals surface area (Å²) in [6.45, 7) is 0.0600. The van der Waals surface area contributed by atoms with E-state index < -0.39 is 5.97 Å². The molecule has 0 unspecified atom stereocenters. The molecule has 1 amide bonds. The van der Waals surface area contributed by atoms with E-state index in [1.54, 1.807) is 18.2 Å². The number of carboxylic acid groups (broad SMARTS) is 1. The van der Waals surface area contributed by atoms with Crippen molar-refractivity contribution in [3.05, 3.63) is 27.1 Å². The highest BCUT2D eigenvalue weighted by Crippen LogP contribution is 2.37. The average Bonchev–Trinajstić information content (AvgIpc) is 2.80.